The smallest absolute Gasteiger partial charge is 0.415 e. The van der Waals surface area contributed by atoms with E-state index in [0.717, 1.165) is 11.8 Å². The van der Waals surface area contributed by atoms with Crippen LogP contribution in [0.2, 0.25) is 0 Å². The molecule has 0 atom stereocenters. The Labute approximate surface area is 288 Å². The Morgan fingerprint density at radius 1 is 1.08 bits per heavy atom. The average molecular weight is 715 g/mol. The standard InChI is InChI=1S/C32H26N8O8S2/c33-19-26-28(21-8-3-1-4-9-21)35-32(49-20-27(41)34-22-10-7-11-23(18-22)39(42)43)36-29(26)38-16-14-24(15-17-38)47-30-31(40(44)48-37-30)50(45,46)25-12-5-2-6-13-25/h1-13,18,24H,14-17,20H2,(H,34,41). The maximum absolute atomic E-state index is 13.2. The van der Waals surface area contributed by atoms with Gasteiger partial charge in [-0.3, -0.25) is 19.5 Å². The van der Waals surface area contributed by atoms with Gasteiger partial charge in [0.1, 0.15) is 17.7 Å². The zero-order chi connectivity index (χ0) is 35.3. The van der Waals surface area contributed by atoms with E-state index in [2.05, 4.69) is 31.1 Å². The number of nitro benzene ring substituents is 1. The third-order valence-corrected chi connectivity index (χ3v) is 10.1. The fourth-order valence-electron chi connectivity index (χ4n) is 5.22. The van der Waals surface area contributed by atoms with E-state index in [9.17, 15) is 33.8 Å². The van der Waals surface area contributed by atoms with E-state index in [1.807, 2.05) is 23.1 Å². The van der Waals surface area contributed by atoms with E-state index in [0.29, 0.717) is 43.0 Å². The van der Waals surface area contributed by atoms with E-state index in [-0.39, 0.29) is 37.6 Å². The van der Waals surface area contributed by atoms with E-state index in [1.54, 1.807) is 18.2 Å². The third-order valence-electron chi connectivity index (χ3n) is 7.58. The van der Waals surface area contributed by atoms with Gasteiger partial charge in [0.15, 0.2) is 11.0 Å². The van der Waals surface area contributed by atoms with Crippen molar-refractivity contribution in [2.45, 2.75) is 34.0 Å². The van der Waals surface area contributed by atoms with Gasteiger partial charge in [-0.05, 0) is 23.1 Å². The minimum atomic E-state index is -4.29. The number of amides is 1. The maximum atomic E-state index is 13.2. The molecule has 0 bridgehead atoms. The highest BCUT2D eigenvalue weighted by molar-refractivity contribution is 7.99. The lowest BCUT2D eigenvalue weighted by molar-refractivity contribution is -0.832. The van der Waals surface area contributed by atoms with E-state index >= 15 is 0 Å². The van der Waals surface area contributed by atoms with Crippen molar-refractivity contribution in [1.29, 1.82) is 5.26 Å². The normalized spacial score (nSPS) is 13.4. The number of piperidine rings is 1. The van der Waals surface area contributed by atoms with Crippen LogP contribution in [0.15, 0.2) is 105 Å². The van der Waals surface area contributed by atoms with Crippen LogP contribution in [0.5, 0.6) is 5.88 Å². The summed E-state index contributed by atoms with van der Waals surface area (Å²) in [6.07, 6.45) is 0.147. The Kier molecular flexibility index (Phi) is 9.87. The lowest BCUT2D eigenvalue weighted by Crippen LogP contribution is -2.39. The van der Waals surface area contributed by atoms with Gasteiger partial charge in [-0.15, -0.1) is 0 Å². The molecular weight excluding hydrogens is 689 g/mol. The van der Waals surface area contributed by atoms with Crippen molar-refractivity contribution in [2.75, 3.05) is 29.1 Å². The van der Waals surface area contributed by atoms with Crippen LogP contribution >= 0.6 is 11.8 Å². The molecular formula is C32H26N8O8S2. The fourth-order valence-corrected chi connectivity index (χ4v) is 7.15. The van der Waals surface area contributed by atoms with Crippen LogP contribution < -0.4 is 19.9 Å². The molecule has 0 spiro atoms. The van der Waals surface area contributed by atoms with Gasteiger partial charge in [0.05, 0.1) is 26.4 Å². The molecule has 0 radical (unpaired) electrons. The first-order chi connectivity index (χ1) is 24.1. The predicted octanol–water partition coefficient (Wildman–Crippen LogP) is 4.16. The molecule has 1 amide bonds. The van der Waals surface area contributed by atoms with Crippen LogP contribution in [0.1, 0.15) is 18.4 Å². The zero-order valence-electron chi connectivity index (χ0n) is 25.9. The Hall–Kier alpha value is -6.06. The summed E-state index contributed by atoms with van der Waals surface area (Å²) in [7, 11) is -4.29. The van der Waals surface area contributed by atoms with Crippen molar-refractivity contribution in [2.24, 2.45) is 0 Å². The van der Waals surface area contributed by atoms with Crippen LogP contribution in [0, 0.1) is 26.7 Å². The number of nitro groups is 1. The second-order valence-electron chi connectivity index (χ2n) is 10.8. The summed E-state index contributed by atoms with van der Waals surface area (Å²) in [5.74, 6) is -0.669. The van der Waals surface area contributed by atoms with Crippen molar-refractivity contribution < 1.29 is 32.4 Å². The van der Waals surface area contributed by atoms with Crippen molar-refractivity contribution >= 4 is 44.7 Å². The van der Waals surface area contributed by atoms with Crippen molar-refractivity contribution in [1.82, 2.24) is 15.1 Å². The highest BCUT2D eigenvalue weighted by atomic mass is 32.2. The van der Waals surface area contributed by atoms with Crippen LogP contribution in [0.3, 0.4) is 0 Å². The molecule has 1 saturated heterocycles. The first kappa shape index (κ1) is 33.8. The summed E-state index contributed by atoms with van der Waals surface area (Å²) in [5.41, 5.74) is 1.36. The Morgan fingerprint density at radius 2 is 1.78 bits per heavy atom. The van der Waals surface area contributed by atoms with Gasteiger partial charge in [0.25, 0.3) is 15.5 Å². The molecule has 1 N–H and O–H groups in total. The summed E-state index contributed by atoms with van der Waals surface area (Å²) in [4.78, 5) is 34.2. The Bertz CT molecular complexity index is 2190. The first-order valence-electron chi connectivity index (χ1n) is 15.0. The number of hydrogen-bond donors (Lipinski definition) is 1. The van der Waals surface area contributed by atoms with Crippen LogP contribution in [-0.2, 0) is 14.6 Å². The molecule has 0 saturated carbocycles. The van der Waals surface area contributed by atoms with Gasteiger partial charge in [-0.1, -0.05) is 66.4 Å². The molecule has 1 aliphatic rings. The SMILES string of the molecule is N#Cc1c(-c2ccccc2)nc(SCC(=O)Nc2cccc([N+](=O)[O-])c2)nc1N1CCC(Oc2no[n+]([O-])c2S(=O)(=O)c2ccccc2)CC1. The van der Waals surface area contributed by atoms with Gasteiger partial charge < -0.3 is 20.2 Å². The molecule has 16 nitrogen and oxygen atoms in total. The van der Waals surface area contributed by atoms with Crippen molar-refractivity contribution in [3.05, 3.63) is 106 Å². The average Bonchev–Trinajstić information content (AvgIpc) is 3.51. The minimum Gasteiger partial charge on any atom is -0.451 e. The number of carbonyl (C=O) groups excluding carboxylic acids is 1. The zero-order valence-corrected chi connectivity index (χ0v) is 27.5. The van der Waals surface area contributed by atoms with Crippen molar-refractivity contribution in [3.8, 4) is 23.2 Å². The minimum absolute atomic E-state index is 0.121. The second kappa shape index (κ2) is 14.6. The summed E-state index contributed by atoms with van der Waals surface area (Å²) >= 11 is 1.03. The molecule has 18 heteroatoms. The molecule has 0 unspecified atom stereocenters. The van der Waals surface area contributed by atoms with Gasteiger partial charge in [-0.2, -0.15) is 5.26 Å². The number of nitriles is 1. The van der Waals surface area contributed by atoms with E-state index in [1.165, 1.54) is 48.5 Å². The molecule has 50 heavy (non-hydrogen) atoms. The number of benzene rings is 3. The Morgan fingerprint density at radius 3 is 2.46 bits per heavy atom. The fraction of sp³-hybridized carbons (Fsp3) is 0.188. The summed E-state index contributed by atoms with van der Waals surface area (Å²) < 4.78 is 36.9. The van der Waals surface area contributed by atoms with Gasteiger partial charge in [0.2, 0.25) is 5.91 Å². The number of non-ortho nitro benzene ring substituents is 1. The largest absolute Gasteiger partial charge is 0.451 e. The van der Waals surface area contributed by atoms with E-state index < -0.39 is 37.7 Å². The number of hydrogen-bond acceptors (Lipinski definition) is 14. The monoisotopic (exact) mass is 714 g/mol. The predicted molar refractivity (Wildman–Crippen MR) is 178 cm³/mol. The number of rotatable bonds is 11. The molecule has 5 aromatic rings. The van der Waals surface area contributed by atoms with Crippen LogP contribution in [-0.4, -0.2) is 59.3 Å². The molecule has 6 rings (SSSR count). The molecule has 1 aliphatic heterocycles. The number of aromatic nitrogens is 4. The first-order valence-corrected chi connectivity index (χ1v) is 17.5. The molecule has 0 aliphatic carbocycles. The van der Waals surface area contributed by atoms with Gasteiger partial charge >= 0.3 is 10.9 Å². The highest BCUT2D eigenvalue weighted by Gasteiger charge is 2.38. The number of sulfone groups is 1. The van der Waals surface area contributed by atoms with Crippen LogP contribution in [0.25, 0.3) is 11.3 Å². The third kappa shape index (κ3) is 7.33. The molecule has 1 fully saturated rings. The maximum Gasteiger partial charge on any atom is 0.415 e. The number of nitrogens with one attached hydrogen (secondary N) is 1. The number of carbonyl (C=O) groups is 1. The van der Waals surface area contributed by atoms with Crippen molar-refractivity contribution in [3.63, 3.8) is 0 Å². The lowest BCUT2D eigenvalue weighted by atomic mass is 10.0. The van der Waals surface area contributed by atoms with Gasteiger partial charge in [-0.25, -0.2) is 18.4 Å². The van der Waals surface area contributed by atoms with E-state index in [4.69, 9.17) is 4.74 Å². The second-order valence-corrected chi connectivity index (χ2v) is 13.6. The topological polar surface area (TPSA) is 221 Å². The quantitative estimate of drug-likeness (QED) is 0.0668. The molecule has 3 heterocycles. The van der Waals surface area contributed by atoms with Crippen LogP contribution in [0.4, 0.5) is 17.2 Å². The number of ether oxygens (including phenoxy) is 1. The summed E-state index contributed by atoms with van der Waals surface area (Å²) in [6, 6.07) is 24.2. The lowest BCUT2D eigenvalue weighted by Gasteiger charge is -2.32. The number of thioether (sulfide) groups is 1. The summed E-state index contributed by atoms with van der Waals surface area (Å²) in [5, 5.41) is 39.4. The highest BCUT2D eigenvalue weighted by Crippen LogP contribution is 2.33. The van der Waals surface area contributed by atoms with Gasteiger partial charge in [0, 0.05) is 49.3 Å². The number of nitrogens with zero attached hydrogens (tertiary/aromatic N) is 7. The molecule has 3 aromatic carbocycles. The molecule has 254 valence electrons. The number of anilines is 2. The Balaban J connectivity index is 1.20. The summed E-state index contributed by atoms with van der Waals surface area (Å²) in [6.45, 7) is 0.663. The molecule has 2 aromatic heterocycles.